The highest BCUT2D eigenvalue weighted by Crippen LogP contribution is 2.10. The van der Waals surface area contributed by atoms with Gasteiger partial charge in [0.1, 0.15) is 0 Å². The molecule has 0 bridgehead atoms. The SMILES string of the molecule is CC(CCc1ccccn1)Nc1ccccc1. The van der Waals surface area contributed by atoms with Crippen LogP contribution in [0.5, 0.6) is 0 Å². The third kappa shape index (κ3) is 3.91. The summed E-state index contributed by atoms with van der Waals surface area (Å²) in [6.07, 6.45) is 3.96. The molecule has 0 aliphatic heterocycles. The molecule has 1 unspecified atom stereocenters. The largest absolute Gasteiger partial charge is 0.383 e. The first-order chi connectivity index (χ1) is 8.34. The first kappa shape index (κ1) is 11.6. The Kier molecular flexibility index (Phi) is 4.14. The van der Waals surface area contributed by atoms with Gasteiger partial charge in [-0.2, -0.15) is 0 Å². The minimum absolute atomic E-state index is 0.458. The lowest BCUT2D eigenvalue weighted by Crippen LogP contribution is -2.16. The number of nitrogens with one attached hydrogen (secondary N) is 1. The first-order valence-corrected chi connectivity index (χ1v) is 6.06. The van der Waals surface area contributed by atoms with E-state index < -0.39 is 0 Å². The molecule has 2 aromatic rings. The lowest BCUT2D eigenvalue weighted by molar-refractivity contribution is 0.696. The highest BCUT2D eigenvalue weighted by Gasteiger charge is 2.02. The lowest BCUT2D eigenvalue weighted by Gasteiger charge is -2.14. The molecule has 1 N–H and O–H groups in total. The van der Waals surface area contributed by atoms with E-state index in [1.807, 2.05) is 36.5 Å². The van der Waals surface area contributed by atoms with E-state index in [0.29, 0.717) is 6.04 Å². The monoisotopic (exact) mass is 226 g/mol. The maximum atomic E-state index is 4.33. The Labute approximate surface area is 103 Å². The summed E-state index contributed by atoms with van der Waals surface area (Å²) in [6, 6.07) is 16.8. The van der Waals surface area contributed by atoms with Gasteiger partial charge in [0.15, 0.2) is 0 Å². The second-order valence-electron chi connectivity index (χ2n) is 4.27. The third-order valence-electron chi connectivity index (χ3n) is 2.75. The summed E-state index contributed by atoms with van der Waals surface area (Å²) >= 11 is 0. The molecular weight excluding hydrogens is 208 g/mol. The van der Waals surface area contributed by atoms with Crippen molar-refractivity contribution in [3.63, 3.8) is 0 Å². The maximum absolute atomic E-state index is 4.33. The number of benzene rings is 1. The van der Waals surface area contributed by atoms with Gasteiger partial charge in [-0.1, -0.05) is 24.3 Å². The summed E-state index contributed by atoms with van der Waals surface area (Å²) < 4.78 is 0. The molecule has 0 spiro atoms. The zero-order valence-electron chi connectivity index (χ0n) is 10.1. The van der Waals surface area contributed by atoms with Crippen molar-refractivity contribution in [2.75, 3.05) is 5.32 Å². The summed E-state index contributed by atoms with van der Waals surface area (Å²) in [4.78, 5) is 4.33. The van der Waals surface area contributed by atoms with Gasteiger partial charge in [-0.25, -0.2) is 0 Å². The molecule has 0 aliphatic rings. The van der Waals surface area contributed by atoms with Gasteiger partial charge in [0.2, 0.25) is 0 Å². The van der Waals surface area contributed by atoms with Crippen molar-refractivity contribution in [2.24, 2.45) is 0 Å². The smallest absolute Gasteiger partial charge is 0.0404 e. The van der Waals surface area contributed by atoms with Crippen LogP contribution in [0.15, 0.2) is 54.7 Å². The van der Waals surface area contributed by atoms with Gasteiger partial charge < -0.3 is 5.32 Å². The molecule has 0 radical (unpaired) electrons. The van der Waals surface area contributed by atoms with Crippen molar-refractivity contribution < 1.29 is 0 Å². The second kappa shape index (κ2) is 6.04. The number of anilines is 1. The topological polar surface area (TPSA) is 24.9 Å². The normalized spacial score (nSPS) is 12.1. The molecule has 1 heterocycles. The van der Waals surface area contributed by atoms with Crippen LogP contribution in [0.3, 0.4) is 0 Å². The van der Waals surface area contributed by atoms with Gasteiger partial charge in [-0.15, -0.1) is 0 Å². The van der Waals surface area contributed by atoms with Crippen molar-refractivity contribution in [1.29, 1.82) is 0 Å². The quantitative estimate of drug-likeness (QED) is 0.843. The van der Waals surface area contributed by atoms with Crippen molar-refractivity contribution >= 4 is 5.69 Å². The molecule has 2 heteroatoms. The number of para-hydroxylation sites is 1. The number of hydrogen-bond donors (Lipinski definition) is 1. The average Bonchev–Trinajstić information content (AvgIpc) is 2.39. The molecule has 1 aromatic carbocycles. The molecule has 0 amide bonds. The Bertz CT molecular complexity index is 425. The fourth-order valence-electron chi connectivity index (χ4n) is 1.80. The van der Waals surface area contributed by atoms with E-state index in [2.05, 4.69) is 35.4 Å². The van der Waals surface area contributed by atoms with Crippen molar-refractivity contribution in [3.8, 4) is 0 Å². The first-order valence-electron chi connectivity index (χ1n) is 6.06. The van der Waals surface area contributed by atoms with Crippen molar-refractivity contribution in [3.05, 3.63) is 60.4 Å². The highest BCUT2D eigenvalue weighted by atomic mass is 14.9. The van der Waals surface area contributed by atoms with Crippen LogP contribution in [0.1, 0.15) is 19.0 Å². The molecule has 17 heavy (non-hydrogen) atoms. The van der Waals surface area contributed by atoms with Crippen LogP contribution in [-0.4, -0.2) is 11.0 Å². The Morgan fingerprint density at radius 2 is 1.82 bits per heavy atom. The van der Waals surface area contributed by atoms with Gasteiger partial charge >= 0.3 is 0 Å². The summed E-state index contributed by atoms with van der Waals surface area (Å²) in [7, 11) is 0. The van der Waals surface area contributed by atoms with Crippen LogP contribution in [-0.2, 0) is 6.42 Å². The number of aromatic nitrogens is 1. The van der Waals surface area contributed by atoms with Crippen LogP contribution in [0.4, 0.5) is 5.69 Å². The number of hydrogen-bond acceptors (Lipinski definition) is 2. The molecule has 2 rings (SSSR count). The molecule has 0 aliphatic carbocycles. The van der Waals surface area contributed by atoms with Gasteiger partial charge in [-0.05, 0) is 44.0 Å². The Morgan fingerprint density at radius 3 is 2.53 bits per heavy atom. The molecule has 1 atom stereocenters. The summed E-state index contributed by atoms with van der Waals surface area (Å²) in [5.41, 5.74) is 2.34. The van der Waals surface area contributed by atoms with Gasteiger partial charge in [0.05, 0.1) is 0 Å². The standard InChI is InChI=1S/C15H18N2/c1-13(17-15-8-3-2-4-9-15)10-11-14-7-5-6-12-16-14/h2-9,12-13,17H,10-11H2,1H3. The van der Waals surface area contributed by atoms with Crippen LogP contribution >= 0.6 is 0 Å². The fraction of sp³-hybridized carbons (Fsp3) is 0.267. The maximum Gasteiger partial charge on any atom is 0.0404 e. The van der Waals surface area contributed by atoms with Crippen LogP contribution < -0.4 is 5.32 Å². The minimum Gasteiger partial charge on any atom is -0.383 e. The molecule has 88 valence electrons. The Morgan fingerprint density at radius 1 is 1.06 bits per heavy atom. The van der Waals surface area contributed by atoms with E-state index in [0.717, 1.165) is 18.5 Å². The van der Waals surface area contributed by atoms with Gasteiger partial charge in [0, 0.05) is 23.6 Å². The molecule has 0 saturated heterocycles. The summed E-state index contributed by atoms with van der Waals surface area (Å²) in [6.45, 7) is 2.20. The van der Waals surface area contributed by atoms with E-state index in [1.54, 1.807) is 0 Å². The molecule has 0 fully saturated rings. The summed E-state index contributed by atoms with van der Waals surface area (Å²) in [5.74, 6) is 0. The Balaban J connectivity index is 1.80. The summed E-state index contributed by atoms with van der Waals surface area (Å²) in [5, 5.41) is 3.48. The molecule has 0 saturated carbocycles. The highest BCUT2D eigenvalue weighted by molar-refractivity contribution is 5.43. The fourth-order valence-corrected chi connectivity index (χ4v) is 1.80. The van der Waals surface area contributed by atoms with E-state index in [-0.39, 0.29) is 0 Å². The minimum atomic E-state index is 0.458. The van der Waals surface area contributed by atoms with Crippen LogP contribution in [0.25, 0.3) is 0 Å². The Hall–Kier alpha value is -1.83. The molecular formula is C15H18N2. The van der Waals surface area contributed by atoms with Crippen LogP contribution in [0, 0.1) is 0 Å². The van der Waals surface area contributed by atoms with Gasteiger partial charge in [0.25, 0.3) is 0 Å². The van der Waals surface area contributed by atoms with E-state index >= 15 is 0 Å². The number of aryl methyl sites for hydroxylation is 1. The average molecular weight is 226 g/mol. The second-order valence-corrected chi connectivity index (χ2v) is 4.27. The van der Waals surface area contributed by atoms with Crippen molar-refractivity contribution in [2.45, 2.75) is 25.8 Å². The van der Waals surface area contributed by atoms with Crippen molar-refractivity contribution in [1.82, 2.24) is 4.98 Å². The zero-order valence-corrected chi connectivity index (χ0v) is 10.1. The molecule has 2 nitrogen and oxygen atoms in total. The van der Waals surface area contributed by atoms with Gasteiger partial charge in [-0.3, -0.25) is 4.98 Å². The predicted octanol–water partition coefficient (Wildman–Crippen LogP) is 3.51. The number of nitrogens with zero attached hydrogens (tertiary/aromatic N) is 1. The van der Waals surface area contributed by atoms with E-state index in [9.17, 15) is 0 Å². The lowest BCUT2D eigenvalue weighted by atomic mass is 10.1. The van der Waals surface area contributed by atoms with E-state index in [4.69, 9.17) is 0 Å². The van der Waals surface area contributed by atoms with Crippen LogP contribution in [0.2, 0.25) is 0 Å². The predicted molar refractivity (Wildman–Crippen MR) is 72.1 cm³/mol. The number of rotatable bonds is 5. The molecule has 1 aromatic heterocycles. The number of pyridine rings is 1. The zero-order chi connectivity index (χ0) is 11.9. The van der Waals surface area contributed by atoms with E-state index in [1.165, 1.54) is 5.69 Å². The third-order valence-corrected chi connectivity index (χ3v) is 2.75.